The van der Waals surface area contributed by atoms with Gasteiger partial charge in [-0.25, -0.2) is 0 Å². The standard InChI is InChI=1S/C18H23NO2/c1-13-8-9-15(10-14(13)2)18(3,12-20)19-16-6-5-7-17(11-16)21-4/h5-11,19-20H,12H2,1-4H3. The Balaban J connectivity index is 2.33. The van der Waals surface area contributed by atoms with Gasteiger partial charge in [-0.2, -0.15) is 0 Å². The number of aryl methyl sites for hydroxylation is 2. The third kappa shape index (κ3) is 3.37. The molecule has 3 heteroatoms. The fourth-order valence-electron chi connectivity index (χ4n) is 2.31. The van der Waals surface area contributed by atoms with Crippen LogP contribution in [0.2, 0.25) is 0 Å². The number of aliphatic hydroxyl groups is 1. The zero-order valence-corrected chi connectivity index (χ0v) is 13.1. The molecule has 0 aliphatic rings. The van der Waals surface area contributed by atoms with Gasteiger partial charge in [0.05, 0.1) is 19.3 Å². The second-order valence-corrected chi connectivity index (χ2v) is 5.65. The van der Waals surface area contributed by atoms with E-state index in [0.717, 1.165) is 17.0 Å². The van der Waals surface area contributed by atoms with Crippen LogP contribution in [0.4, 0.5) is 5.69 Å². The van der Waals surface area contributed by atoms with Gasteiger partial charge in [0.2, 0.25) is 0 Å². The Morgan fingerprint density at radius 3 is 2.48 bits per heavy atom. The molecule has 1 unspecified atom stereocenters. The summed E-state index contributed by atoms with van der Waals surface area (Å²) in [6, 6.07) is 14.0. The highest BCUT2D eigenvalue weighted by Crippen LogP contribution is 2.28. The minimum Gasteiger partial charge on any atom is -0.497 e. The van der Waals surface area contributed by atoms with Crippen LogP contribution in [0.25, 0.3) is 0 Å². The molecule has 0 radical (unpaired) electrons. The van der Waals surface area contributed by atoms with Gasteiger partial charge in [0.1, 0.15) is 5.75 Å². The maximum atomic E-state index is 9.89. The van der Waals surface area contributed by atoms with Crippen molar-refractivity contribution in [1.82, 2.24) is 0 Å². The highest BCUT2D eigenvalue weighted by Gasteiger charge is 2.26. The van der Waals surface area contributed by atoms with E-state index in [9.17, 15) is 5.11 Å². The topological polar surface area (TPSA) is 41.5 Å². The number of hydrogen-bond donors (Lipinski definition) is 2. The van der Waals surface area contributed by atoms with E-state index in [-0.39, 0.29) is 6.61 Å². The Hall–Kier alpha value is -2.00. The van der Waals surface area contributed by atoms with Crippen molar-refractivity contribution < 1.29 is 9.84 Å². The van der Waals surface area contributed by atoms with Gasteiger partial charge in [-0.1, -0.05) is 24.3 Å². The molecule has 0 aliphatic heterocycles. The summed E-state index contributed by atoms with van der Waals surface area (Å²) in [5.74, 6) is 0.792. The Labute approximate surface area is 126 Å². The fourth-order valence-corrected chi connectivity index (χ4v) is 2.31. The summed E-state index contributed by atoms with van der Waals surface area (Å²) in [6.45, 7) is 6.18. The van der Waals surface area contributed by atoms with Crippen molar-refractivity contribution in [3.8, 4) is 5.75 Å². The van der Waals surface area contributed by atoms with Crippen LogP contribution >= 0.6 is 0 Å². The number of methoxy groups -OCH3 is 1. The first kappa shape index (κ1) is 15.4. The van der Waals surface area contributed by atoms with E-state index < -0.39 is 5.54 Å². The van der Waals surface area contributed by atoms with Crippen molar-refractivity contribution in [2.75, 3.05) is 19.0 Å². The molecular formula is C18H23NO2. The number of hydrogen-bond acceptors (Lipinski definition) is 3. The van der Waals surface area contributed by atoms with Crippen molar-refractivity contribution in [3.05, 3.63) is 59.2 Å². The number of rotatable bonds is 5. The summed E-state index contributed by atoms with van der Waals surface area (Å²) in [5, 5.41) is 13.3. The molecule has 112 valence electrons. The summed E-state index contributed by atoms with van der Waals surface area (Å²) < 4.78 is 5.24. The highest BCUT2D eigenvalue weighted by atomic mass is 16.5. The second kappa shape index (κ2) is 6.19. The van der Waals surface area contributed by atoms with Gasteiger partial charge in [-0.3, -0.25) is 0 Å². The number of nitrogens with one attached hydrogen (secondary N) is 1. The molecular weight excluding hydrogens is 262 g/mol. The lowest BCUT2D eigenvalue weighted by Gasteiger charge is -2.31. The summed E-state index contributed by atoms with van der Waals surface area (Å²) in [4.78, 5) is 0. The minimum absolute atomic E-state index is 0.00666. The maximum absolute atomic E-state index is 9.89. The van der Waals surface area contributed by atoms with Crippen molar-refractivity contribution in [2.24, 2.45) is 0 Å². The van der Waals surface area contributed by atoms with Gasteiger partial charge in [-0.15, -0.1) is 0 Å². The molecule has 0 amide bonds. The van der Waals surface area contributed by atoms with Crippen molar-refractivity contribution in [2.45, 2.75) is 26.3 Å². The van der Waals surface area contributed by atoms with Crippen molar-refractivity contribution in [3.63, 3.8) is 0 Å². The molecule has 3 nitrogen and oxygen atoms in total. The number of ether oxygens (including phenoxy) is 1. The molecule has 1 atom stereocenters. The molecule has 0 saturated heterocycles. The van der Waals surface area contributed by atoms with E-state index in [1.807, 2.05) is 31.2 Å². The van der Waals surface area contributed by atoms with Gasteiger partial charge >= 0.3 is 0 Å². The van der Waals surface area contributed by atoms with Crippen LogP contribution in [-0.2, 0) is 5.54 Å². The molecule has 0 heterocycles. The first-order chi connectivity index (χ1) is 9.98. The predicted octanol–water partition coefficient (Wildman–Crippen LogP) is 3.63. The van der Waals surface area contributed by atoms with Crippen LogP contribution in [-0.4, -0.2) is 18.8 Å². The Kier molecular flexibility index (Phi) is 4.53. The fraction of sp³-hybridized carbons (Fsp3) is 0.333. The van der Waals surface area contributed by atoms with Gasteiger partial charge < -0.3 is 15.2 Å². The van der Waals surface area contributed by atoms with Crippen molar-refractivity contribution in [1.29, 1.82) is 0 Å². The molecule has 0 saturated carbocycles. The van der Waals surface area contributed by atoms with Gasteiger partial charge in [0.25, 0.3) is 0 Å². The Morgan fingerprint density at radius 2 is 1.86 bits per heavy atom. The SMILES string of the molecule is COc1cccc(NC(C)(CO)c2ccc(C)c(C)c2)c1. The molecule has 0 aliphatic carbocycles. The van der Waals surface area contributed by atoms with E-state index in [0.29, 0.717) is 0 Å². The number of aliphatic hydroxyl groups excluding tert-OH is 1. The molecule has 0 fully saturated rings. The quantitative estimate of drug-likeness (QED) is 0.881. The van der Waals surface area contributed by atoms with Crippen LogP contribution in [0.1, 0.15) is 23.6 Å². The number of anilines is 1. The minimum atomic E-state index is -0.537. The Bertz CT molecular complexity index is 624. The van der Waals surface area contributed by atoms with Gasteiger partial charge in [0, 0.05) is 11.8 Å². The Morgan fingerprint density at radius 1 is 1.10 bits per heavy atom. The summed E-state index contributed by atoms with van der Waals surface area (Å²) >= 11 is 0. The first-order valence-electron chi connectivity index (χ1n) is 7.09. The zero-order chi connectivity index (χ0) is 15.5. The average molecular weight is 285 g/mol. The molecule has 2 aromatic rings. The second-order valence-electron chi connectivity index (χ2n) is 5.65. The predicted molar refractivity (Wildman–Crippen MR) is 87.0 cm³/mol. The molecule has 0 spiro atoms. The summed E-state index contributed by atoms with van der Waals surface area (Å²) in [7, 11) is 1.65. The zero-order valence-electron chi connectivity index (χ0n) is 13.1. The van der Waals surface area contributed by atoms with Gasteiger partial charge in [-0.05, 0) is 49.6 Å². The van der Waals surface area contributed by atoms with Gasteiger partial charge in [0.15, 0.2) is 0 Å². The van der Waals surface area contributed by atoms with Crippen LogP contribution in [0.3, 0.4) is 0 Å². The molecule has 0 bridgehead atoms. The van der Waals surface area contributed by atoms with E-state index in [2.05, 4.69) is 37.4 Å². The average Bonchev–Trinajstić information content (AvgIpc) is 2.50. The third-order valence-electron chi connectivity index (χ3n) is 3.95. The molecule has 21 heavy (non-hydrogen) atoms. The van der Waals surface area contributed by atoms with E-state index >= 15 is 0 Å². The van der Waals surface area contributed by atoms with Crippen LogP contribution < -0.4 is 10.1 Å². The maximum Gasteiger partial charge on any atom is 0.120 e. The normalized spacial score (nSPS) is 13.6. The lowest BCUT2D eigenvalue weighted by atomic mass is 9.90. The van der Waals surface area contributed by atoms with E-state index in [1.54, 1.807) is 7.11 Å². The number of benzene rings is 2. The molecule has 2 rings (SSSR count). The monoisotopic (exact) mass is 285 g/mol. The highest BCUT2D eigenvalue weighted by molar-refractivity contribution is 5.52. The van der Waals surface area contributed by atoms with Crippen molar-refractivity contribution >= 4 is 5.69 Å². The van der Waals surface area contributed by atoms with Crippen LogP contribution in [0, 0.1) is 13.8 Å². The largest absolute Gasteiger partial charge is 0.497 e. The first-order valence-corrected chi connectivity index (χ1v) is 7.09. The van der Waals surface area contributed by atoms with Crippen LogP contribution in [0.5, 0.6) is 5.75 Å². The van der Waals surface area contributed by atoms with Crippen LogP contribution in [0.15, 0.2) is 42.5 Å². The molecule has 0 aromatic heterocycles. The summed E-state index contributed by atoms with van der Waals surface area (Å²) in [5.41, 5.74) is 3.92. The lowest BCUT2D eigenvalue weighted by molar-refractivity contribution is 0.224. The molecule has 2 N–H and O–H groups in total. The lowest BCUT2D eigenvalue weighted by Crippen LogP contribution is -2.36. The van der Waals surface area contributed by atoms with E-state index in [1.165, 1.54) is 11.1 Å². The molecule has 2 aromatic carbocycles. The third-order valence-corrected chi connectivity index (χ3v) is 3.95. The summed E-state index contributed by atoms with van der Waals surface area (Å²) in [6.07, 6.45) is 0. The van der Waals surface area contributed by atoms with E-state index in [4.69, 9.17) is 4.74 Å². The smallest absolute Gasteiger partial charge is 0.120 e.